The predicted molar refractivity (Wildman–Crippen MR) is 72.3 cm³/mol. The van der Waals surface area contributed by atoms with Crippen LogP contribution < -0.4 is 0 Å². The van der Waals surface area contributed by atoms with Gasteiger partial charge in [-0.05, 0) is 39.0 Å². The first-order chi connectivity index (χ1) is 8.26. The SMILES string of the molecule is CCN(CC)CCCCCN1CCC(=O)CC1. The number of hydrogen-bond acceptors (Lipinski definition) is 3. The fraction of sp³-hybridized carbons (Fsp3) is 0.929. The molecule has 0 unspecified atom stereocenters. The van der Waals surface area contributed by atoms with Gasteiger partial charge in [0, 0.05) is 25.9 Å². The Hall–Kier alpha value is -0.410. The maximum atomic E-state index is 11.1. The van der Waals surface area contributed by atoms with Gasteiger partial charge in [0.25, 0.3) is 0 Å². The van der Waals surface area contributed by atoms with Crippen LogP contribution in [0.1, 0.15) is 46.0 Å². The van der Waals surface area contributed by atoms with Crippen molar-refractivity contribution in [2.45, 2.75) is 46.0 Å². The summed E-state index contributed by atoms with van der Waals surface area (Å²) in [4.78, 5) is 16.0. The summed E-state index contributed by atoms with van der Waals surface area (Å²) >= 11 is 0. The second-order valence-corrected chi connectivity index (χ2v) is 4.97. The fourth-order valence-electron chi connectivity index (χ4n) is 2.41. The topological polar surface area (TPSA) is 23.6 Å². The van der Waals surface area contributed by atoms with E-state index in [0.717, 1.165) is 25.9 Å². The van der Waals surface area contributed by atoms with Crippen molar-refractivity contribution in [3.05, 3.63) is 0 Å². The first-order valence-electron chi connectivity index (χ1n) is 7.22. The maximum Gasteiger partial charge on any atom is 0.135 e. The minimum atomic E-state index is 0.447. The van der Waals surface area contributed by atoms with Gasteiger partial charge in [-0.1, -0.05) is 20.3 Å². The van der Waals surface area contributed by atoms with Gasteiger partial charge in [-0.25, -0.2) is 0 Å². The van der Waals surface area contributed by atoms with Gasteiger partial charge in [0.05, 0.1) is 0 Å². The molecule has 1 aliphatic heterocycles. The Bertz CT molecular complexity index is 204. The van der Waals surface area contributed by atoms with Gasteiger partial charge in [-0.15, -0.1) is 0 Å². The van der Waals surface area contributed by atoms with Gasteiger partial charge < -0.3 is 9.80 Å². The molecule has 1 heterocycles. The molecule has 0 atom stereocenters. The molecule has 1 aliphatic rings. The Morgan fingerprint density at radius 3 is 2.29 bits per heavy atom. The van der Waals surface area contributed by atoms with Gasteiger partial charge >= 0.3 is 0 Å². The number of rotatable bonds is 8. The van der Waals surface area contributed by atoms with Crippen LogP contribution in [-0.2, 0) is 4.79 Å². The van der Waals surface area contributed by atoms with Gasteiger partial charge in [-0.2, -0.15) is 0 Å². The molecule has 0 bridgehead atoms. The molecule has 0 aliphatic carbocycles. The van der Waals surface area contributed by atoms with Crippen molar-refractivity contribution in [2.75, 3.05) is 39.3 Å². The van der Waals surface area contributed by atoms with Crippen molar-refractivity contribution < 1.29 is 4.79 Å². The lowest BCUT2D eigenvalue weighted by molar-refractivity contribution is -0.121. The molecule has 0 aromatic heterocycles. The third kappa shape index (κ3) is 6.18. The Kier molecular flexibility index (Phi) is 7.45. The molecule has 0 N–H and O–H groups in total. The average molecular weight is 240 g/mol. The van der Waals surface area contributed by atoms with E-state index in [2.05, 4.69) is 23.6 Å². The fourth-order valence-corrected chi connectivity index (χ4v) is 2.41. The number of Topliss-reactive ketones (excluding diaryl/α,β-unsaturated/α-hetero) is 1. The molecule has 1 saturated heterocycles. The number of nitrogens with zero attached hydrogens (tertiary/aromatic N) is 2. The standard InChI is InChI=1S/C14H28N2O/c1-3-15(4-2)10-6-5-7-11-16-12-8-14(17)9-13-16/h3-13H2,1-2H3. The lowest BCUT2D eigenvalue weighted by atomic mass is 10.1. The third-order valence-corrected chi connectivity index (χ3v) is 3.76. The summed E-state index contributed by atoms with van der Waals surface area (Å²) in [6.07, 6.45) is 5.48. The Labute approximate surface area is 106 Å². The van der Waals surface area contributed by atoms with Crippen molar-refractivity contribution >= 4 is 5.78 Å². The van der Waals surface area contributed by atoms with Crippen LogP contribution in [0.15, 0.2) is 0 Å². The van der Waals surface area contributed by atoms with E-state index in [9.17, 15) is 4.79 Å². The van der Waals surface area contributed by atoms with Crippen molar-refractivity contribution in [1.82, 2.24) is 9.80 Å². The zero-order valence-corrected chi connectivity index (χ0v) is 11.6. The first kappa shape index (κ1) is 14.7. The van der Waals surface area contributed by atoms with Crippen LogP contribution in [0, 0.1) is 0 Å². The van der Waals surface area contributed by atoms with E-state index in [1.807, 2.05) is 0 Å². The van der Waals surface area contributed by atoms with Crippen LogP contribution in [0.5, 0.6) is 0 Å². The number of likely N-dealkylation sites (tertiary alicyclic amines) is 1. The largest absolute Gasteiger partial charge is 0.304 e. The monoisotopic (exact) mass is 240 g/mol. The van der Waals surface area contributed by atoms with E-state index >= 15 is 0 Å². The highest BCUT2D eigenvalue weighted by Gasteiger charge is 2.14. The molecule has 0 saturated carbocycles. The van der Waals surface area contributed by atoms with E-state index in [0.29, 0.717) is 5.78 Å². The number of unbranched alkanes of at least 4 members (excludes halogenated alkanes) is 2. The summed E-state index contributed by atoms with van der Waals surface area (Å²) in [7, 11) is 0. The number of hydrogen-bond donors (Lipinski definition) is 0. The second-order valence-electron chi connectivity index (χ2n) is 4.97. The van der Waals surface area contributed by atoms with Crippen LogP contribution >= 0.6 is 0 Å². The van der Waals surface area contributed by atoms with Gasteiger partial charge in [-0.3, -0.25) is 4.79 Å². The third-order valence-electron chi connectivity index (χ3n) is 3.76. The molecule has 0 amide bonds. The molecule has 3 heteroatoms. The summed E-state index contributed by atoms with van der Waals surface area (Å²) in [5.41, 5.74) is 0. The highest BCUT2D eigenvalue weighted by atomic mass is 16.1. The molecular weight excluding hydrogens is 212 g/mol. The van der Waals surface area contributed by atoms with Crippen LogP contribution in [0.3, 0.4) is 0 Å². The zero-order valence-electron chi connectivity index (χ0n) is 11.6. The Morgan fingerprint density at radius 1 is 1.06 bits per heavy atom. The molecule has 1 rings (SSSR count). The van der Waals surface area contributed by atoms with Crippen LogP contribution in [0.2, 0.25) is 0 Å². The van der Waals surface area contributed by atoms with Crippen molar-refractivity contribution in [2.24, 2.45) is 0 Å². The van der Waals surface area contributed by atoms with E-state index < -0.39 is 0 Å². The average Bonchev–Trinajstić information content (AvgIpc) is 2.36. The van der Waals surface area contributed by atoms with E-state index in [1.165, 1.54) is 45.4 Å². The summed E-state index contributed by atoms with van der Waals surface area (Å²) in [5.74, 6) is 0.447. The van der Waals surface area contributed by atoms with Gasteiger partial charge in [0.15, 0.2) is 0 Å². The van der Waals surface area contributed by atoms with E-state index in [-0.39, 0.29) is 0 Å². The molecule has 0 aromatic rings. The zero-order chi connectivity index (χ0) is 12.5. The molecule has 100 valence electrons. The number of ketones is 1. The predicted octanol–water partition coefficient (Wildman–Crippen LogP) is 2.16. The minimum absolute atomic E-state index is 0.447. The Morgan fingerprint density at radius 2 is 1.71 bits per heavy atom. The molecule has 1 fully saturated rings. The molecule has 3 nitrogen and oxygen atoms in total. The lowest BCUT2D eigenvalue weighted by Crippen LogP contribution is -2.34. The molecular formula is C14H28N2O. The summed E-state index contributed by atoms with van der Waals surface area (Å²) in [5, 5.41) is 0. The lowest BCUT2D eigenvalue weighted by Gasteiger charge is -2.25. The molecule has 0 radical (unpaired) electrons. The van der Waals surface area contributed by atoms with E-state index in [1.54, 1.807) is 0 Å². The highest BCUT2D eigenvalue weighted by molar-refractivity contribution is 5.79. The molecule has 17 heavy (non-hydrogen) atoms. The molecule has 0 spiro atoms. The second kappa shape index (κ2) is 8.65. The van der Waals surface area contributed by atoms with Crippen LogP contribution in [0.4, 0.5) is 0 Å². The van der Waals surface area contributed by atoms with Crippen LogP contribution in [0.25, 0.3) is 0 Å². The molecule has 0 aromatic carbocycles. The summed E-state index contributed by atoms with van der Waals surface area (Å²) < 4.78 is 0. The summed E-state index contributed by atoms with van der Waals surface area (Å²) in [6, 6.07) is 0. The van der Waals surface area contributed by atoms with Crippen molar-refractivity contribution in [3.8, 4) is 0 Å². The number of carbonyl (C=O) groups excluding carboxylic acids is 1. The van der Waals surface area contributed by atoms with Gasteiger partial charge in [0.1, 0.15) is 5.78 Å². The van der Waals surface area contributed by atoms with Gasteiger partial charge in [0.2, 0.25) is 0 Å². The van der Waals surface area contributed by atoms with Crippen LogP contribution in [-0.4, -0.2) is 54.9 Å². The Balaban J connectivity index is 1.95. The quantitative estimate of drug-likeness (QED) is 0.607. The minimum Gasteiger partial charge on any atom is -0.304 e. The van der Waals surface area contributed by atoms with E-state index in [4.69, 9.17) is 0 Å². The number of piperidine rings is 1. The summed E-state index contributed by atoms with van der Waals surface area (Å²) in [6.45, 7) is 11.2. The van der Waals surface area contributed by atoms with Crippen molar-refractivity contribution in [1.29, 1.82) is 0 Å². The first-order valence-corrected chi connectivity index (χ1v) is 7.22. The maximum absolute atomic E-state index is 11.1. The highest BCUT2D eigenvalue weighted by Crippen LogP contribution is 2.07. The number of carbonyl (C=O) groups is 1. The smallest absolute Gasteiger partial charge is 0.135 e. The normalized spacial score (nSPS) is 17.9. The van der Waals surface area contributed by atoms with Crippen molar-refractivity contribution in [3.63, 3.8) is 0 Å².